The van der Waals surface area contributed by atoms with Gasteiger partial charge >= 0.3 is 0 Å². The number of H-pyrrole nitrogens is 1. The molecule has 1 saturated heterocycles. The molecule has 0 saturated carbocycles. The summed E-state index contributed by atoms with van der Waals surface area (Å²) in [5.41, 5.74) is 7.59. The molecule has 2 aliphatic rings. The molecule has 1 aliphatic heterocycles. The van der Waals surface area contributed by atoms with E-state index >= 15 is 0 Å². The predicted octanol–water partition coefficient (Wildman–Crippen LogP) is 4.06. The van der Waals surface area contributed by atoms with Crippen LogP contribution in [0.15, 0.2) is 36.4 Å². The quantitative estimate of drug-likeness (QED) is 0.638. The second-order valence-electron chi connectivity index (χ2n) is 9.38. The third-order valence-electron chi connectivity index (χ3n) is 7.27. The number of hydrogen-bond acceptors (Lipinski definition) is 3. The Bertz CT molecular complexity index is 1200. The molecule has 1 aliphatic carbocycles. The standard InChI is InChI=1S/C27H32N4O2/c1-18-7-5-12-23(19(18)2)28-25(32)17-30-13-15-31(16-14-30)27(33)22-10-6-9-21-20-8-3-4-11-24(20)29-26(21)22/h5-7,9-10,12,29H,3-4,8,11,13-17H2,1-2H3,(H,28,32). The van der Waals surface area contributed by atoms with Gasteiger partial charge in [0.1, 0.15) is 0 Å². The fraction of sp³-hybridized carbons (Fsp3) is 0.407. The van der Waals surface area contributed by atoms with E-state index in [0.717, 1.165) is 40.7 Å². The number of nitrogens with zero attached hydrogens (tertiary/aromatic N) is 2. The highest BCUT2D eigenvalue weighted by Gasteiger charge is 2.26. The smallest absolute Gasteiger partial charge is 0.256 e. The van der Waals surface area contributed by atoms with Crippen molar-refractivity contribution in [3.8, 4) is 0 Å². The molecule has 2 N–H and O–H groups in total. The van der Waals surface area contributed by atoms with Crippen LogP contribution in [0.1, 0.15) is 45.6 Å². The van der Waals surface area contributed by atoms with Gasteiger partial charge in [0.05, 0.1) is 17.6 Å². The topological polar surface area (TPSA) is 68.4 Å². The summed E-state index contributed by atoms with van der Waals surface area (Å²) in [4.78, 5) is 33.6. The van der Waals surface area contributed by atoms with Crippen LogP contribution in [-0.2, 0) is 17.6 Å². The van der Waals surface area contributed by atoms with Gasteiger partial charge in [0.25, 0.3) is 5.91 Å². The predicted molar refractivity (Wildman–Crippen MR) is 132 cm³/mol. The molecular formula is C27H32N4O2. The third-order valence-corrected chi connectivity index (χ3v) is 7.27. The van der Waals surface area contributed by atoms with E-state index in [0.29, 0.717) is 32.7 Å². The maximum absolute atomic E-state index is 13.4. The van der Waals surface area contributed by atoms with E-state index in [-0.39, 0.29) is 11.8 Å². The molecule has 2 amide bonds. The van der Waals surface area contributed by atoms with Crippen LogP contribution in [0.5, 0.6) is 0 Å². The van der Waals surface area contributed by atoms with E-state index in [1.165, 1.54) is 29.5 Å². The van der Waals surface area contributed by atoms with Crippen molar-refractivity contribution < 1.29 is 9.59 Å². The van der Waals surface area contributed by atoms with E-state index in [1.54, 1.807) is 0 Å². The molecule has 5 rings (SSSR count). The number of rotatable bonds is 4. The van der Waals surface area contributed by atoms with Gasteiger partial charge in [0.2, 0.25) is 5.91 Å². The summed E-state index contributed by atoms with van der Waals surface area (Å²) >= 11 is 0. The van der Waals surface area contributed by atoms with Gasteiger partial charge in [-0.25, -0.2) is 0 Å². The van der Waals surface area contributed by atoms with Crippen LogP contribution in [0.4, 0.5) is 5.69 Å². The fourth-order valence-corrected chi connectivity index (χ4v) is 5.17. The van der Waals surface area contributed by atoms with Crippen molar-refractivity contribution in [1.82, 2.24) is 14.8 Å². The maximum Gasteiger partial charge on any atom is 0.256 e. The number of aromatic amines is 1. The third kappa shape index (κ3) is 4.27. The fourth-order valence-electron chi connectivity index (χ4n) is 5.17. The molecule has 0 atom stereocenters. The van der Waals surface area contributed by atoms with Crippen LogP contribution < -0.4 is 5.32 Å². The minimum atomic E-state index is -0.00906. The molecule has 1 fully saturated rings. The zero-order chi connectivity index (χ0) is 22.9. The first kappa shape index (κ1) is 21.7. The summed E-state index contributed by atoms with van der Waals surface area (Å²) in [6.07, 6.45) is 4.59. The number of amides is 2. The molecule has 33 heavy (non-hydrogen) atoms. The SMILES string of the molecule is Cc1cccc(NC(=O)CN2CCN(C(=O)c3cccc4c5c([nH]c34)CCCC5)CC2)c1C. The average Bonchev–Trinajstić information content (AvgIpc) is 3.21. The lowest BCUT2D eigenvalue weighted by atomic mass is 9.95. The number of benzene rings is 2. The number of hydrogen-bond donors (Lipinski definition) is 2. The molecule has 0 spiro atoms. The lowest BCUT2D eigenvalue weighted by Crippen LogP contribution is -2.50. The molecule has 0 unspecified atom stereocenters. The lowest BCUT2D eigenvalue weighted by molar-refractivity contribution is -0.117. The number of carbonyl (C=O) groups excluding carboxylic acids is 2. The van der Waals surface area contributed by atoms with Gasteiger partial charge in [-0.05, 0) is 68.4 Å². The lowest BCUT2D eigenvalue weighted by Gasteiger charge is -2.34. The molecule has 6 nitrogen and oxygen atoms in total. The van der Waals surface area contributed by atoms with Gasteiger partial charge < -0.3 is 15.2 Å². The van der Waals surface area contributed by atoms with E-state index in [4.69, 9.17) is 0 Å². The number of nitrogens with one attached hydrogen (secondary N) is 2. The normalized spacial score (nSPS) is 16.6. The molecule has 2 heterocycles. The summed E-state index contributed by atoms with van der Waals surface area (Å²) < 4.78 is 0. The van der Waals surface area contributed by atoms with E-state index in [2.05, 4.69) is 21.3 Å². The summed E-state index contributed by atoms with van der Waals surface area (Å²) in [6, 6.07) is 12.0. The first-order chi connectivity index (χ1) is 16.0. The van der Waals surface area contributed by atoms with Crippen molar-refractivity contribution >= 4 is 28.4 Å². The van der Waals surface area contributed by atoms with Crippen LogP contribution in [0.3, 0.4) is 0 Å². The molecule has 0 radical (unpaired) electrons. The highest BCUT2D eigenvalue weighted by molar-refractivity contribution is 6.07. The molecule has 3 aromatic rings. The number of aromatic nitrogens is 1. The number of para-hydroxylation sites is 1. The Balaban J connectivity index is 1.22. The van der Waals surface area contributed by atoms with Gasteiger partial charge in [0.15, 0.2) is 0 Å². The van der Waals surface area contributed by atoms with Crippen LogP contribution in [0.25, 0.3) is 10.9 Å². The molecule has 0 bridgehead atoms. The van der Waals surface area contributed by atoms with Crippen LogP contribution >= 0.6 is 0 Å². The minimum Gasteiger partial charge on any atom is -0.358 e. The number of anilines is 1. The Labute approximate surface area is 195 Å². The summed E-state index contributed by atoms with van der Waals surface area (Å²) in [5.74, 6) is 0.0731. The van der Waals surface area contributed by atoms with Crippen LogP contribution in [0.2, 0.25) is 0 Å². The highest BCUT2D eigenvalue weighted by atomic mass is 16.2. The Hall–Kier alpha value is -3.12. The Morgan fingerprint density at radius 3 is 2.55 bits per heavy atom. The molecule has 172 valence electrons. The van der Waals surface area contributed by atoms with Gasteiger partial charge in [-0.15, -0.1) is 0 Å². The number of fused-ring (bicyclic) bond motifs is 3. The zero-order valence-corrected chi connectivity index (χ0v) is 19.5. The number of aryl methyl sites for hydroxylation is 3. The minimum absolute atomic E-state index is 0.00906. The van der Waals surface area contributed by atoms with E-state index in [1.807, 2.05) is 49.1 Å². The monoisotopic (exact) mass is 444 g/mol. The second kappa shape index (κ2) is 9.02. The maximum atomic E-state index is 13.4. The van der Waals surface area contributed by atoms with Crippen molar-refractivity contribution in [3.63, 3.8) is 0 Å². The van der Waals surface area contributed by atoms with Gasteiger partial charge in [-0.2, -0.15) is 0 Å². The first-order valence-corrected chi connectivity index (χ1v) is 12.0. The molecular weight excluding hydrogens is 412 g/mol. The van der Waals surface area contributed by atoms with Gasteiger partial charge in [-0.3, -0.25) is 14.5 Å². The molecule has 6 heteroatoms. The zero-order valence-electron chi connectivity index (χ0n) is 19.5. The summed E-state index contributed by atoms with van der Waals surface area (Å²) in [6.45, 7) is 7.07. The first-order valence-electron chi connectivity index (χ1n) is 12.0. The van der Waals surface area contributed by atoms with Crippen molar-refractivity contribution in [2.75, 3.05) is 38.0 Å². The van der Waals surface area contributed by atoms with E-state index < -0.39 is 0 Å². The van der Waals surface area contributed by atoms with E-state index in [9.17, 15) is 9.59 Å². The largest absolute Gasteiger partial charge is 0.358 e. The Morgan fingerprint density at radius 2 is 1.73 bits per heavy atom. The van der Waals surface area contributed by atoms with Crippen LogP contribution in [-0.4, -0.2) is 59.3 Å². The Morgan fingerprint density at radius 1 is 0.970 bits per heavy atom. The summed E-state index contributed by atoms with van der Waals surface area (Å²) in [5, 5.41) is 4.24. The second-order valence-corrected chi connectivity index (χ2v) is 9.38. The van der Waals surface area contributed by atoms with Crippen LogP contribution in [0, 0.1) is 13.8 Å². The van der Waals surface area contributed by atoms with Crippen molar-refractivity contribution in [1.29, 1.82) is 0 Å². The number of carbonyl (C=O) groups is 2. The Kier molecular flexibility index (Phi) is 5.94. The molecule has 1 aromatic heterocycles. The van der Waals surface area contributed by atoms with Gasteiger partial charge in [-0.1, -0.05) is 24.3 Å². The highest BCUT2D eigenvalue weighted by Crippen LogP contribution is 2.31. The summed E-state index contributed by atoms with van der Waals surface area (Å²) in [7, 11) is 0. The van der Waals surface area contributed by atoms with Gasteiger partial charge in [0, 0.05) is 42.9 Å². The number of piperazine rings is 1. The molecule has 2 aromatic carbocycles. The van der Waals surface area contributed by atoms with Crippen molar-refractivity contribution in [2.24, 2.45) is 0 Å². The van der Waals surface area contributed by atoms with Crippen molar-refractivity contribution in [2.45, 2.75) is 39.5 Å². The van der Waals surface area contributed by atoms with Crippen molar-refractivity contribution in [3.05, 3.63) is 64.3 Å². The average molecular weight is 445 g/mol.